The lowest BCUT2D eigenvalue weighted by molar-refractivity contribution is 0.0434. The normalized spacial score (nSPS) is 24.9. The number of rotatable bonds is 10. The lowest BCUT2D eigenvalue weighted by atomic mass is 9.72. The topological polar surface area (TPSA) is 74.6 Å². The molecule has 5 nitrogen and oxygen atoms in total. The lowest BCUT2D eigenvalue weighted by Gasteiger charge is -2.41. The van der Waals surface area contributed by atoms with Gasteiger partial charge in [0, 0.05) is 35.0 Å². The standard InChI is InChI=1S/C26H37ClN2O3S/c1-32-19-6-7-23-21(14-19)25(22(27)16-29-23)24(31)8-10-26(17-30)11-12-28-18(15-26)9-13-33-20-4-2-3-5-20/h6-7,14,16,18,20,24,28,30-31H,2-5,8-13,15,17H2,1H3/t18-,24-,26?/m1/s1. The number of piperidine rings is 1. The second-order valence-corrected chi connectivity index (χ2v) is 11.6. The third kappa shape index (κ3) is 6.15. The summed E-state index contributed by atoms with van der Waals surface area (Å²) in [5, 5.41) is 27.4. The summed E-state index contributed by atoms with van der Waals surface area (Å²) < 4.78 is 5.37. The largest absolute Gasteiger partial charge is 0.497 e. The Kier molecular flexibility index (Phi) is 8.80. The fourth-order valence-corrected chi connectivity index (χ4v) is 7.24. The van der Waals surface area contributed by atoms with Crippen LogP contribution in [0.1, 0.15) is 69.5 Å². The summed E-state index contributed by atoms with van der Waals surface area (Å²) in [7, 11) is 1.63. The highest BCUT2D eigenvalue weighted by atomic mass is 35.5. The molecule has 33 heavy (non-hydrogen) atoms. The number of halogens is 1. The van der Waals surface area contributed by atoms with E-state index in [4.69, 9.17) is 16.3 Å². The molecule has 2 aliphatic rings. The average molecular weight is 493 g/mol. The van der Waals surface area contributed by atoms with E-state index in [2.05, 4.69) is 22.1 Å². The first-order valence-electron chi connectivity index (χ1n) is 12.3. The first-order valence-corrected chi connectivity index (χ1v) is 13.7. The van der Waals surface area contributed by atoms with Crippen molar-refractivity contribution in [1.82, 2.24) is 10.3 Å². The van der Waals surface area contributed by atoms with Crippen molar-refractivity contribution in [2.75, 3.05) is 26.0 Å². The summed E-state index contributed by atoms with van der Waals surface area (Å²) in [5.41, 5.74) is 1.34. The number of aliphatic hydroxyl groups is 2. The number of thioether (sulfide) groups is 1. The van der Waals surface area contributed by atoms with E-state index in [1.807, 2.05) is 18.2 Å². The SMILES string of the molecule is COc1ccc2ncc(Cl)c([C@H](O)CCC3(CO)CCN[C@H](CCSC4CCCC4)C3)c2c1. The van der Waals surface area contributed by atoms with Crippen molar-refractivity contribution in [3.8, 4) is 5.75 Å². The van der Waals surface area contributed by atoms with Crippen LogP contribution in [0.25, 0.3) is 10.9 Å². The Hall–Kier alpha value is -1.05. The zero-order chi connectivity index (χ0) is 23.3. The number of benzene rings is 1. The van der Waals surface area contributed by atoms with Crippen LogP contribution in [0.2, 0.25) is 5.02 Å². The van der Waals surface area contributed by atoms with Crippen molar-refractivity contribution in [3.63, 3.8) is 0 Å². The first kappa shape index (κ1) is 25.1. The van der Waals surface area contributed by atoms with Crippen LogP contribution in [-0.2, 0) is 0 Å². The molecule has 1 saturated heterocycles. The fourth-order valence-electron chi connectivity index (χ4n) is 5.54. The number of aliphatic hydroxyl groups excluding tert-OH is 2. The fraction of sp³-hybridized carbons (Fsp3) is 0.654. The number of hydrogen-bond acceptors (Lipinski definition) is 6. The van der Waals surface area contributed by atoms with Crippen molar-refractivity contribution in [2.24, 2.45) is 5.41 Å². The molecule has 1 saturated carbocycles. The smallest absolute Gasteiger partial charge is 0.119 e. The Bertz CT molecular complexity index is 924. The molecule has 2 fully saturated rings. The first-order chi connectivity index (χ1) is 16.0. The number of methoxy groups -OCH3 is 1. The molecule has 1 aliphatic carbocycles. The molecule has 1 aromatic carbocycles. The van der Waals surface area contributed by atoms with Crippen LogP contribution < -0.4 is 10.1 Å². The van der Waals surface area contributed by atoms with Gasteiger partial charge in [-0.3, -0.25) is 4.98 Å². The van der Waals surface area contributed by atoms with Gasteiger partial charge < -0.3 is 20.3 Å². The minimum atomic E-state index is -0.718. The van der Waals surface area contributed by atoms with Crippen LogP contribution in [0.15, 0.2) is 24.4 Å². The number of nitrogens with zero attached hydrogens (tertiary/aromatic N) is 1. The van der Waals surface area contributed by atoms with Crippen LogP contribution in [0.4, 0.5) is 0 Å². The summed E-state index contributed by atoms with van der Waals surface area (Å²) in [6, 6.07) is 6.07. The second-order valence-electron chi connectivity index (χ2n) is 9.79. The van der Waals surface area contributed by atoms with Crippen molar-refractivity contribution in [3.05, 3.63) is 35.0 Å². The summed E-state index contributed by atoms with van der Waals surface area (Å²) >= 11 is 8.63. The predicted molar refractivity (Wildman–Crippen MR) is 137 cm³/mol. The summed E-state index contributed by atoms with van der Waals surface area (Å²) in [5.74, 6) is 1.90. The number of nitrogens with one attached hydrogen (secondary N) is 1. The summed E-state index contributed by atoms with van der Waals surface area (Å²) in [6.45, 7) is 1.08. The third-order valence-corrected chi connectivity index (χ3v) is 9.29. The Balaban J connectivity index is 1.39. The number of aromatic nitrogens is 1. The number of hydrogen-bond donors (Lipinski definition) is 3. The Morgan fingerprint density at radius 2 is 2.15 bits per heavy atom. The maximum Gasteiger partial charge on any atom is 0.119 e. The molecule has 7 heteroatoms. The van der Waals surface area contributed by atoms with Gasteiger partial charge in [-0.2, -0.15) is 11.8 Å². The molecule has 1 unspecified atom stereocenters. The molecule has 0 spiro atoms. The molecule has 4 rings (SSSR count). The zero-order valence-electron chi connectivity index (χ0n) is 19.6. The molecule has 2 aromatic rings. The van der Waals surface area contributed by atoms with Crippen molar-refractivity contribution < 1.29 is 14.9 Å². The van der Waals surface area contributed by atoms with Gasteiger partial charge in [0.15, 0.2) is 0 Å². The van der Waals surface area contributed by atoms with E-state index < -0.39 is 6.10 Å². The van der Waals surface area contributed by atoms with Crippen molar-refractivity contribution >= 4 is 34.3 Å². The highest BCUT2D eigenvalue weighted by Gasteiger charge is 2.36. The summed E-state index contributed by atoms with van der Waals surface area (Å²) in [4.78, 5) is 4.40. The van der Waals surface area contributed by atoms with Gasteiger partial charge in [-0.05, 0) is 80.9 Å². The van der Waals surface area contributed by atoms with E-state index in [-0.39, 0.29) is 12.0 Å². The van der Waals surface area contributed by atoms with Crippen LogP contribution in [0.3, 0.4) is 0 Å². The Morgan fingerprint density at radius 1 is 1.33 bits per heavy atom. The predicted octanol–water partition coefficient (Wildman–Crippen LogP) is 5.51. The van der Waals surface area contributed by atoms with Crippen LogP contribution in [0, 0.1) is 5.41 Å². The molecule has 3 atom stereocenters. The van der Waals surface area contributed by atoms with Gasteiger partial charge in [0.25, 0.3) is 0 Å². The van der Waals surface area contributed by atoms with Gasteiger partial charge in [-0.15, -0.1) is 0 Å². The second kappa shape index (κ2) is 11.6. The highest BCUT2D eigenvalue weighted by Crippen LogP contribution is 2.41. The van der Waals surface area contributed by atoms with Gasteiger partial charge in [-0.1, -0.05) is 24.4 Å². The lowest BCUT2D eigenvalue weighted by Crippen LogP contribution is -2.46. The minimum Gasteiger partial charge on any atom is -0.497 e. The van der Waals surface area contributed by atoms with E-state index in [1.165, 1.54) is 31.4 Å². The van der Waals surface area contributed by atoms with Gasteiger partial charge >= 0.3 is 0 Å². The van der Waals surface area contributed by atoms with Crippen LogP contribution in [0.5, 0.6) is 5.75 Å². The minimum absolute atomic E-state index is 0.151. The maximum atomic E-state index is 11.2. The van der Waals surface area contributed by atoms with E-state index in [1.54, 1.807) is 13.3 Å². The Morgan fingerprint density at radius 3 is 2.91 bits per heavy atom. The maximum absolute atomic E-state index is 11.2. The molecule has 182 valence electrons. The van der Waals surface area contributed by atoms with Crippen molar-refractivity contribution in [1.29, 1.82) is 0 Å². The average Bonchev–Trinajstić information content (AvgIpc) is 3.36. The number of pyridine rings is 1. The molecule has 0 bridgehead atoms. The molecule has 3 N–H and O–H groups in total. The van der Waals surface area contributed by atoms with E-state index in [0.717, 1.165) is 48.4 Å². The van der Waals surface area contributed by atoms with Gasteiger partial charge in [0.05, 0.1) is 23.8 Å². The monoisotopic (exact) mass is 492 g/mol. The number of ether oxygens (including phenoxy) is 1. The molecule has 1 aliphatic heterocycles. The Labute approximate surface area is 206 Å². The molecular weight excluding hydrogens is 456 g/mol. The van der Waals surface area contributed by atoms with E-state index in [0.29, 0.717) is 28.8 Å². The van der Waals surface area contributed by atoms with Gasteiger partial charge in [0.1, 0.15) is 5.75 Å². The van der Waals surface area contributed by atoms with Crippen molar-refractivity contribution in [2.45, 2.75) is 75.2 Å². The molecule has 0 radical (unpaired) electrons. The quantitative estimate of drug-likeness (QED) is 0.406. The van der Waals surface area contributed by atoms with E-state index >= 15 is 0 Å². The molecule has 2 heterocycles. The van der Waals surface area contributed by atoms with E-state index in [9.17, 15) is 10.2 Å². The molecular formula is C26H37ClN2O3S. The van der Waals surface area contributed by atoms with Gasteiger partial charge in [-0.25, -0.2) is 0 Å². The molecule has 1 aromatic heterocycles. The number of fused-ring (bicyclic) bond motifs is 1. The van der Waals surface area contributed by atoms with Crippen LogP contribution >= 0.6 is 23.4 Å². The summed E-state index contributed by atoms with van der Waals surface area (Å²) in [6.07, 6.45) is 10.8. The van der Waals surface area contributed by atoms with Gasteiger partial charge in [0.2, 0.25) is 0 Å². The van der Waals surface area contributed by atoms with Crippen LogP contribution in [-0.4, -0.2) is 52.5 Å². The highest BCUT2D eigenvalue weighted by molar-refractivity contribution is 7.99. The molecule has 0 amide bonds. The zero-order valence-corrected chi connectivity index (χ0v) is 21.1. The third-order valence-electron chi connectivity index (χ3n) is 7.57.